The van der Waals surface area contributed by atoms with Crippen LogP contribution in [0.15, 0.2) is 42.5 Å². The lowest BCUT2D eigenvalue weighted by atomic mass is 10.1. The summed E-state index contributed by atoms with van der Waals surface area (Å²) >= 11 is 0. The number of carbonyl (C=O) groups is 2. The summed E-state index contributed by atoms with van der Waals surface area (Å²) in [6.07, 6.45) is 5.24. The highest BCUT2D eigenvalue weighted by molar-refractivity contribution is 5.97. The number of hydrogen-bond donors (Lipinski definition) is 2. The zero-order valence-electron chi connectivity index (χ0n) is 20.4. The van der Waals surface area contributed by atoms with Crippen molar-refractivity contribution in [1.29, 1.82) is 0 Å². The van der Waals surface area contributed by atoms with Crippen molar-refractivity contribution >= 4 is 11.8 Å². The van der Waals surface area contributed by atoms with Crippen LogP contribution in [0.3, 0.4) is 0 Å². The Balaban J connectivity index is 1.43. The van der Waals surface area contributed by atoms with Crippen LogP contribution in [0.5, 0.6) is 11.5 Å². The van der Waals surface area contributed by atoms with E-state index >= 15 is 0 Å². The largest absolute Gasteiger partial charge is 0.490 e. The van der Waals surface area contributed by atoms with Crippen molar-refractivity contribution in [1.82, 2.24) is 15.5 Å². The maximum absolute atomic E-state index is 12.5. The quantitative estimate of drug-likeness (QED) is 0.524. The van der Waals surface area contributed by atoms with Crippen LogP contribution in [0.2, 0.25) is 0 Å². The van der Waals surface area contributed by atoms with Crippen LogP contribution in [0.4, 0.5) is 0 Å². The number of rotatable bonds is 11. The van der Waals surface area contributed by atoms with Crippen LogP contribution in [-0.2, 0) is 17.9 Å². The lowest BCUT2D eigenvalue weighted by Gasteiger charge is -2.19. The van der Waals surface area contributed by atoms with Gasteiger partial charge in [0.05, 0.1) is 19.8 Å². The van der Waals surface area contributed by atoms with Gasteiger partial charge in [-0.2, -0.15) is 0 Å². The van der Waals surface area contributed by atoms with E-state index in [0.717, 1.165) is 12.1 Å². The normalized spacial score (nSPS) is 14.2. The highest BCUT2D eigenvalue weighted by atomic mass is 16.5. The minimum atomic E-state index is -0.336. The second-order valence-electron chi connectivity index (χ2n) is 8.49. The van der Waals surface area contributed by atoms with Crippen LogP contribution < -0.4 is 20.1 Å². The van der Waals surface area contributed by atoms with E-state index in [-0.39, 0.29) is 18.4 Å². The van der Waals surface area contributed by atoms with Gasteiger partial charge in [0.1, 0.15) is 0 Å². The third-order valence-electron chi connectivity index (χ3n) is 5.83. The number of amides is 2. The van der Waals surface area contributed by atoms with Crippen molar-refractivity contribution in [2.24, 2.45) is 0 Å². The summed E-state index contributed by atoms with van der Waals surface area (Å²) in [5.74, 6) is 0.534. The van der Waals surface area contributed by atoms with Crippen molar-refractivity contribution in [3.63, 3.8) is 0 Å². The monoisotopic (exact) mass is 467 g/mol. The Labute approximate surface area is 202 Å². The number of carbonyl (C=O) groups excluding carboxylic acids is 2. The summed E-state index contributed by atoms with van der Waals surface area (Å²) in [6, 6.07) is 13.4. The molecule has 0 aliphatic carbocycles. The van der Waals surface area contributed by atoms with Crippen molar-refractivity contribution in [3.8, 4) is 11.5 Å². The fourth-order valence-corrected chi connectivity index (χ4v) is 4.03. The van der Waals surface area contributed by atoms with Crippen LogP contribution in [0, 0.1) is 0 Å². The van der Waals surface area contributed by atoms with Gasteiger partial charge in [0.25, 0.3) is 5.91 Å². The van der Waals surface area contributed by atoms with Crippen molar-refractivity contribution < 1.29 is 19.1 Å². The molecule has 1 fully saturated rings. The van der Waals surface area contributed by atoms with Crippen LogP contribution >= 0.6 is 0 Å². The standard InChI is InChI=1S/C27H37N3O4/c1-3-33-24-14-13-23(17-25(24)34-4-2)27(32)29-19-26(31)28-18-21-9-11-22(12-10-21)20-30-15-7-5-6-8-16-30/h9-14,17H,3-8,15-16,18-20H2,1-2H3,(H,28,31)(H,29,32). The van der Waals surface area contributed by atoms with Gasteiger partial charge < -0.3 is 20.1 Å². The summed E-state index contributed by atoms with van der Waals surface area (Å²) in [5, 5.41) is 5.53. The Hall–Kier alpha value is -3.06. The number of benzene rings is 2. The van der Waals surface area contributed by atoms with E-state index in [1.807, 2.05) is 13.8 Å². The number of nitrogens with zero attached hydrogens (tertiary/aromatic N) is 1. The molecule has 0 bridgehead atoms. The molecule has 7 nitrogen and oxygen atoms in total. The Morgan fingerprint density at radius 3 is 2.15 bits per heavy atom. The van der Waals surface area contributed by atoms with E-state index in [1.165, 1.54) is 44.3 Å². The van der Waals surface area contributed by atoms with Gasteiger partial charge in [-0.05, 0) is 69.1 Å². The Morgan fingerprint density at radius 1 is 0.824 bits per heavy atom. The minimum Gasteiger partial charge on any atom is -0.490 e. The molecule has 0 aromatic heterocycles. The SMILES string of the molecule is CCOc1ccc(C(=O)NCC(=O)NCc2ccc(CN3CCCCCC3)cc2)cc1OCC. The molecule has 2 aromatic rings. The minimum absolute atomic E-state index is 0.0942. The highest BCUT2D eigenvalue weighted by Crippen LogP contribution is 2.28. The smallest absolute Gasteiger partial charge is 0.251 e. The number of ether oxygens (including phenoxy) is 2. The molecule has 2 amide bonds. The zero-order chi connectivity index (χ0) is 24.2. The van der Waals surface area contributed by atoms with E-state index in [4.69, 9.17) is 9.47 Å². The Kier molecular flexibility index (Phi) is 10.2. The molecule has 0 saturated carbocycles. The molecule has 184 valence electrons. The molecule has 2 aromatic carbocycles. The second-order valence-corrected chi connectivity index (χ2v) is 8.49. The summed E-state index contributed by atoms with van der Waals surface area (Å²) in [6.45, 7) is 8.39. The van der Waals surface area contributed by atoms with Crippen LogP contribution in [0.1, 0.15) is 61.0 Å². The molecule has 34 heavy (non-hydrogen) atoms. The predicted octanol–water partition coefficient (Wildman–Crippen LogP) is 3.91. The zero-order valence-corrected chi connectivity index (χ0v) is 20.4. The van der Waals surface area contributed by atoms with Crippen LogP contribution in [0.25, 0.3) is 0 Å². The molecule has 1 aliphatic heterocycles. The third kappa shape index (κ3) is 8.06. The van der Waals surface area contributed by atoms with E-state index in [9.17, 15) is 9.59 Å². The van der Waals surface area contributed by atoms with E-state index < -0.39 is 0 Å². The summed E-state index contributed by atoms with van der Waals surface area (Å²) in [7, 11) is 0. The average molecular weight is 468 g/mol. The first-order valence-electron chi connectivity index (χ1n) is 12.3. The van der Waals surface area contributed by atoms with Gasteiger partial charge >= 0.3 is 0 Å². The maximum atomic E-state index is 12.5. The van der Waals surface area contributed by atoms with Gasteiger partial charge in [-0.1, -0.05) is 37.1 Å². The van der Waals surface area contributed by atoms with Gasteiger partial charge in [-0.15, -0.1) is 0 Å². The van der Waals surface area contributed by atoms with E-state index in [0.29, 0.717) is 36.8 Å². The molecule has 0 atom stereocenters. The van der Waals surface area contributed by atoms with Gasteiger partial charge in [0.15, 0.2) is 11.5 Å². The molecule has 0 spiro atoms. The first kappa shape index (κ1) is 25.6. The summed E-state index contributed by atoms with van der Waals surface area (Å²) < 4.78 is 11.1. The van der Waals surface area contributed by atoms with Gasteiger partial charge in [-0.25, -0.2) is 0 Å². The van der Waals surface area contributed by atoms with E-state index in [1.54, 1.807) is 18.2 Å². The fourth-order valence-electron chi connectivity index (χ4n) is 4.03. The third-order valence-corrected chi connectivity index (χ3v) is 5.83. The number of nitrogens with one attached hydrogen (secondary N) is 2. The molecule has 1 aliphatic rings. The van der Waals surface area contributed by atoms with Gasteiger partial charge in [-0.3, -0.25) is 14.5 Å². The molecular formula is C27H37N3O4. The first-order chi connectivity index (χ1) is 16.6. The molecule has 1 saturated heterocycles. The molecule has 1 heterocycles. The first-order valence-corrected chi connectivity index (χ1v) is 12.3. The molecule has 3 rings (SSSR count). The second kappa shape index (κ2) is 13.6. The van der Waals surface area contributed by atoms with Crippen molar-refractivity contribution in [3.05, 3.63) is 59.2 Å². The van der Waals surface area contributed by atoms with Crippen molar-refractivity contribution in [2.75, 3.05) is 32.8 Å². The molecule has 2 N–H and O–H groups in total. The lowest BCUT2D eigenvalue weighted by Crippen LogP contribution is -2.36. The Bertz CT molecular complexity index is 922. The van der Waals surface area contributed by atoms with Gasteiger partial charge in [0, 0.05) is 18.7 Å². The number of hydrogen-bond acceptors (Lipinski definition) is 5. The molecule has 0 unspecified atom stereocenters. The maximum Gasteiger partial charge on any atom is 0.251 e. The number of likely N-dealkylation sites (tertiary alicyclic amines) is 1. The van der Waals surface area contributed by atoms with E-state index in [2.05, 4.69) is 39.8 Å². The molecular weight excluding hydrogens is 430 g/mol. The predicted molar refractivity (Wildman–Crippen MR) is 133 cm³/mol. The topological polar surface area (TPSA) is 79.9 Å². The summed E-state index contributed by atoms with van der Waals surface area (Å²) in [4.78, 5) is 27.2. The average Bonchev–Trinajstić information content (AvgIpc) is 3.12. The molecule has 0 radical (unpaired) electrons. The van der Waals surface area contributed by atoms with Crippen molar-refractivity contribution in [2.45, 2.75) is 52.6 Å². The lowest BCUT2D eigenvalue weighted by molar-refractivity contribution is -0.120. The van der Waals surface area contributed by atoms with Crippen LogP contribution in [-0.4, -0.2) is 49.6 Å². The highest BCUT2D eigenvalue weighted by Gasteiger charge is 2.13. The fraction of sp³-hybridized carbons (Fsp3) is 0.481. The van der Waals surface area contributed by atoms with Gasteiger partial charge in [0.2, 0.25) is 5.91 Å². The Morgan fingerprint density at radius 2 is 1.47 bits per heavy atom. The molecule has 7 heteroatoms. The summed E-state index contributed by atoms with van der Waals surface area (Å²) in [5.41, 5.74) is 2.75.